The molecule has 1 aromatic rings. The van der Waals surface area contributed by atoms with Crippen molar-refractivity contribution in [2.45, 2.75) is 52.0 Å². The summed E-state index contributed by atoms with van der Waals surface area (Å²) < 4.78 is 0. The molecule has 0 aromatic heterocycles. The fraction of sp³-hybridized carbons (Fsp3) is 0.600. The Morgan fingerprint density at radius 1 is 1.38 bits per heavy atom. The highest BCUT2D eigenvalue weighted by Crippen LogP contribution is 2.29. The smallest absolute Gasteiger partial charge is 0.0208 e. The van der Waals surface area contributed by atoms with Crippen LogP contribution in [-0.2, 0) is 6.54 Å². The van der Waals surface area contributed by atoms with Crippen LogP contribution in [0.2, 0.25) is 0 Å². The normalized spacial score (nSPS) is 19.9. The third kappa shape index (κ3) is 2.30. The van der Waals surface area contributed by atoms with Crippen LogP contribution in [0.15, 0.2) is 18.2 Å². The molecule has 1 aliphatic heterocycles. The van der Waals surface area contributed by atoms with Crippen molar-refractivity contribution in [3.63, 3.8) is 0 Å². The minimum Gasteiger partial charge on any atom is -0.312 e. The second kappa shape index (κ2) is 5.01. The molecule has 1 atom stereocenters. The Kier molecular flexibility index (Phi) is 3.65. The molecule has 0 bridgehead atoms. The van der Waals surface area contributed by atoms with E-state index in [9.17, 15) is 0 Å². The zero-order valence-electron chi connectivity index (χ0n) is 10.7. The molecule has 0 aliphatic carbocycles. The fourth-order valence-corrected chi connectivity index (χ4v) is 2.63. The largest absolute Gasteiger partial charge is 0.312 e. The lowest BCUT2D eigenvalue weighted by Gasteiger charge is -2.27. The molecule has 0 radical (unpaired) electrons. The lowest BCUT2D eigenvalue weighted by atomic mass is 9.85. The van der Waals surface area contributed by atoms with Crippen molar-refractivity contribution in [1.82, 2.24) is 5.32 Å². The van der Waals surface area contributed by atoms with E-state index in [0.29, 0.717) is 5.92 Å². The van der Waals surface area contributed by atoms with Gasteiger partial charge >= 0.3 is 0 Å². The fourth-order valence-electron chi connectivity index (χ4n) is 2.63. The van der Waals surface area contributed by atoms with E-state index in [4.69, 9.17) is 0 Å². The second-order valence-corrected chi connectivity index (χ2v) is 5.23. The van der Waals surface area contributed by atoms with Crippen LogP contribution in [-0.4, -0.2) is 6.54 Å². The first-order chi connectivity index (χ1) is 7.72. The molecule has 0 spiro atoms. The van der Waals surface area contributed by atoms with Crippen molar-refractivity contribution in [2.75, 3.05) is 6.54 Å². The zero-order valence-corrected chi connectivity index (χ0v) is 10.7. The highest BCUT2D eigenvalue weighted by Gasteiger charge is 2.19. The van der Waals surface area contributed by atoms with Crippen molar-refractivity contribution in [3.8, 4) is 0 Å². The van der Waals surface area contributed by atoms with Gasteiger partial charge in [-0.1, -0.05) is 45.4 Å². The van der Waals surface area contributed by atoms with Crippen LogP contribution in [0.5, 0.6) is 0 Å². The van der Waals surface area contributed by atoms with Gasteiger partial charge in [0, 0.05) is 13.1 Å². The Morgan fingerprint density at radius 3 is 2.88 bits per heavy atom. The standard InChI is InChI=1S/C15H23N/c1-4-5-13-9-16-10-14-8-12(11(2)3)6-7-15(13)14/h6-8,11,13,16H,4-5,9-10H2,1-3H3. The first kappa shape index (κ1) is 11.7. The van der Waals surface area contributed by atoms with Gasteiger partial charge in [0.05, 0.1) is 0 Å². The quantitative estimate of drug-likeness (QED) is 0.812. The number of rotatable bonds is 3. The van der Waals surface area contributed by atoms with E-state index in [1.807, 2.05) is 0 Å². The Labute approximate surface area is 99.3 Å². The van der Waals surface area contributed by atoms with Gasteiger partial charge < -0.3 is 5.32 Å². The van der Waals surface area contributed by atoms with E-state index in [1.54, 1.807) is 5.56 Å². The molecule has 1 unspecified atom stereocenters. The van der Waals surface area contributed by atoms with Crippen LogP contribution in [0.25, 0.3) is 0 Å². The maximum atomic E-state index is 3.54. The van der Waals surface area contributed by atoms with Gasteiger partial charge in [0.2, 0.25) is 0 Å². The summed E-state index contributed by atoms with van der Waals surface area (Å²) in [6.45, 7) is 9.01. The van der Waals surface area contributed by atoms with Gasteiger partial charge in [-0.3, -0.25) is 0 Å². The van der Waals surface area contributed by atoms with E-state index >= 15 is 0 Å². The van der Waals surface area contributed by atoms with Crippen LogP contribution >= 0.6 is 0 Å². The number of hydrogen-bond acceptors (Lipinski definition) is 1. The molecule has 0 fully saturated rings. The van der Waals surface area contributed by atoms with Crippen LogP contribution in [0.4, 0.5) is 0 Å². The molecule has 0 saturated carbocycles. The third-order valence-electron chi connectivity index (χ3n) is 3.62. The molecule has 1 aliphatic rings. The van der Waals surface area contributed by atoms with Crippen molar-refractivity contribution in [1.29, 1.82) is 0 Å². The van der Waals surface area contributed by atoms with Gasteiger partial charge in [0.15, 0.2) is 0 Å². The van der Waals surface area contributed by atoms with Gasteiger partial charge in [-0.05, 0) is 34.9 Å². The Hall–Kier alpha value is -0.820. The summed E-state index contributed by atoms with van der Waals surface area (Å²) in [6.07, 6.45) is 2.58. The zero-order chi connectivity index (χ0) is 11.5. The molecule has 2 rings (SSSR count). The summed E-state index contributed by atoms with van der Waals surface area (Å²) in [5, 5.41) is 3.54. The summed E-state index contributed by atoms with van der Waals surface area (Å²) in [5.41, 5.74) is 4.58. The molecule has 1 heterocycles. The van der Waals surface area contributed by atoms with Crippen molar-refractivity contribution in [2.24, 2.45) is 0 Å². The summed E-state index contributed by atoms with van der Waals surface area (Å²) in [6, 6.07) is 7.08. The van der Waals surface area contributed by atoms with E-state index in [0.717, 1.165) is 19.0 Å². The predicted octanol–water partition coefficient (Wildman–Crippen LogP) is 3.80. The van der Waals surface area contributed by atoms with Crippen molar-refractivity contribution >= 4 is 0 Å². The van der Waals surface area contributed by atoms with Crippen LogP contribution < -0.4 is 5.32 Å². The molecule has 0 saturated heterocycles. The predicted molar refractivity (Wildman–Crippen MR) is 69.9 cm³/mol. The maximum Gasteiger partial charge on any atom is 0.0208 e. The molecule has 0 amide bonds. The second-order valence-electron chi connectivity index (χ2n) is 5.23. The highest BCUT2D eigenvalue weighted by atomic mass is 14.9. The molecule has 1 aromatic carbocycles. The average molecular weight is 217 g/mol. The number of nitrogens with one attached hydrogen (secondary N) is 1. The van der Waals surface area contributed by atoms with Crippen LogP contribution in [0.3, 0.4) is 0 Å². The van der Waals surface area contributed by atoms with Gasteiger partial charge in [-0.15, -0.1) is 0 Å². The SMILES string of the molecule is CCCC1CNCc2cc(C(C)C)ccc21. The lowest BCUT2D eigenvalue weighted by Crippen LogP contribution is -2.28. The van der Waals surface area contributed by atoms with Crippen molar-refractivity contribution in [3.05, 3.63) is 34.9 Å². The Bertz CT molecular complexity index is 354. The minimum absolute atomic E-state index is 0.636. The Balaban J connectivity index is 2.29. The molecule has 16 heavy (non-hydrogen) atoms. The van der Waals surface area contributed by atoms with Crippen LogP contribution in [0, 0.1) is 0 Å². The topological polar surface area (TPSA) is 12.0 Å². The van der Waals surface area contributed by atoms with Gasteiger partial charge in [-0.25, -0.2) is 0 Å². The van der Waals surface area contributed by atoms with E-state index in [2.05, 4.69) is 44.3 Å². The lowest BCUT2D eigenvalue weighted by molar-refractivity contribution is 0.508. The van der Waals surface area contributed by atoms with Crippen LogP contribution in [0.1, 0.15) is 62.1 Å². The molecule has 88 valence electrons. The Morgan fingerprint density at radius 2 is 2.19 bits per heavy atom. The molecule has 1 heteroatoms. The van der Waals surface area contributed by atoms with E-state index < -0.39 is 0 Å². The highest BCUT2D eigenvalue weighted by molar-refractivity contribution is 5.37. The van der Waals surface area contributed by atoms with Crippen molar-refractivity contribution < 1.29 is 0 Å². The number of hydrogen-bond donors (Lipinski definition) is 1. The first-order valence-electron chi connectivity index (χ1n) is 6.55. The summed E-state index contributed by atoms with van der Waals surface area (Å²) in [5.74, 6) is 1.37. The maximum absolute atomic E-state index is 3.54. The molecular formula is C15H23N. The minimum atomic E-state index is 0.636. The van der Waals surface area contributed by atoms with Gasteiger partial charge in [0.25, 0.3) is 0 Å². The summed E-state index contributed by atoms with van der Waals surface area (Å²) in [7, 11) is 0. The van der Waals surface area contributed by atoms with E-state index in [-0.39, 0.29) is 0 Å². The third-order valence-corrected chi connectivity index (χ3v) is 3.62. The van der Waals surface area contributed by atoms with Gasteiger partial charge in [-0.2, -0.15) is 0 Å². The molecular weight excluding hydrogens is 194 g/mol. The monoisotopic (exact) mass is 217 g/mol. The number of benzene rings is 1. The van der Waals surface area contributed by atoms with E-state index in [1.165, 1.54) is 24.0 Å². The summed E-state index contributed by atoms with van der Waals surface area (Å²) >= 11 is 0. The molecule has 1 nitrogen and oxygen atoms in total. The first-order valence-corrected chi connectivity index (χ1v) is 6.55. The van der Waals surface area contributed by atoms with Gasteiger partial charge in [0.1, 0.15) is 0 Å². The average Bonchev–Trinajstić information content (AvgIpc) is 2.29. The number of fused-ring (bicyclic) bond motifs is 1. The summed E-state index contributed by atoms with van der Waals surface area (Å²) in [4.78, 5) is 0. The molecule has 1 N–H and O–H groups in total.